The zero-order valence-electron chi connectivity index (χ0n) is 12.6. The zero-order valence-corrected chi connectivity index (χ0v) is 12.6. The van der Waals surface area contributed by atoms with Crippen LogP contribution in [0.3, 0.4) is 0 Å². The number of hydrogen-bond acceptors (Lipinski definition) is 2. The summed E-state index contributed by atoms with van der Waals surface area (Å²) in [6.07, 6.45) is 8.62. The van der Waals surface area contributed by atoms with Crippen molar-refractivity contribution in [1.82, 2.24) is 4.90 Å². The summed E-state index contributed by atoms with van der Waals surface area (Å²) < 4.78 is 5.48. The van der Waals surface area contributed by atoms with Gasteiger partial charge in [0, 0.05) is 13.1 Å². The van der Waals surface area contributed by atoms with Gasteiger partial charge >= 0.3 is 6.09 Å². The predicted molar refractivity (Wildman–Crippen MR) is 77.2 cm³/mol. The molecule has 2 aliphatic rings. The molecule has 1 aliphatic heterocycles. The highest BCUT2D eigenvalue weighted by molar-refractivity contribution is 5.68. The van der Waals surface area contributed by atoms with Crippen molar-refractivity contribution in [3.05, 3.63) is 11.1 Å². The predicted octanol–water partition coefficient (Wildman–Crippen LogP) is 4.28. The molecule has 19 heavy (non-hydrogen) atoms. The van der Waals surface area contributed by atoms with Crippen LogP contribution < -0.4 is 0 Å². The normalized spacial score (nSPS) is 21.5. The van der Waals surface area contributed by atoms with E-state index in [1.807, 2.05) is 25.7 Å². The highest BCUT2D eigenvalue weighted by Gasteiger charge is 2.26. The van der Waals surface area contributed by atoms with Crippen LogP contribution in [0.15, 0.2) is 11.1 Å². The van der Waals surface area contributed by atoms with Crippen molar-refractivity contribution in [3.63, 3.8) is 0 Å². The summed E-state index contributed by atoms with van der Waals surface area (Å²) in [6, 6.07) is 0. The number of ether oxygens (including phenoxy) is 1. The fourth-order valence-corrected chi connectivity index (χ4v) is 2.97. The maximum atomic E-state index is 12.1. The molecule has 3 heteroatoms. The van der Waals surface area contributed by atoms with Crippen LogP contribution in [0.1, 0.15) is 65.7 Å². The molecular weight excluding hydrogens is 238 g/mol. The third kappa shape index (κ3) is 4.26. The lowest BCUT2D eigenvalue weighted by molar-refractivity contribution is 0.0246. The van der Waals surface area contributed by atoms with Gasteiger partial charge in [-0.1, -0.05) is 17.6 Å². The van der Waals surface area contributed by atoms with E-state index in [4.69, 9.17) is 4.74 Å². The highest BCUT2D eigenvalue weighted by atomic mass is 16.6. The van der Waals surface area contributed by atoms with Crippen LogP contribution in [0.25, 0.3) is 0 Å². The number of likely N-dealkylation sites (tertiary alicyclic amines) is 1. The summed E-state index contributed by atoms with van der Waals surface area (Å²) in [6.45, 7) is 7.41. The van der Waals surface area contributed by atoms with Crippen molar-refractivity contribution in [2.75, 3.05) is 13.1 Å². The van der Waals surface area contributed by atoms with Gasteiger partial charge in [-0.2, -0.15) is 0 Å². The molecule has 2 fully saturated rings. The van der Waals surface area contributed by atoms with Crippen molar-refractivity contribution >= 4 is 6.09 Å². The first-order chi connectivity index (χ1) is 8.96. The number of nitrogens with zero attached hydrogens (tertiary/aromatic N) is 1. The van der Waals surface area contributed by atoms with Crippen molar-refractivity contribution in [2.24, 2.45) is 0 Å². The van der Waals surface area contributed by atoms with Crippen molar-refractivity contribution in [1.29, 1.82) is 0 Å². The van der Waals surface area contributed by atoms with Crippen LogP contribution in [-0.2, 0) is 4.74 Å². The molecule has 108 valence electrons. The van der Waals surface area contributed by atoms with Gasteiger partial charge in [-0.25, -0.2) is 4.79 Å². The molecule has 2 rings (SSSR count). The van der Waals surface area contributed by atoms with Gasteiger partial charge in [-0.3, -0.25) is 0 Å². The molecule has 0 bridgehead atoms. The Kier molecular flexibility index (Phi) is 4.54. The Morgan fingerprint density at radius 1 is 1.00 bits per heavy atom. The van der Waals surface area contributed by atoms with Gasteiger partial charge in [-0.15, -0.1) is 0 Å². The summed E-state index contributed by atoms with van der Waals surface area (Å²) >= 11 is 0. The maximum Gasteiger partial charge on any atom is 0.410 e. The fraction of sp³-hybridized carbons (Fsp3) is 0.812. The summed E-state index contributed by atoms with van der Waals surface area (Å²) in [7, 11) is 0. The first kappa shape index (κ1) is 14.4. The molecule has 0 atom stereocenters. The molecule has 1 heterocycles. The number of carbonyl (C=O) groups excluding carboxylic acids is 1. The van der Waals surface area contributed by atoms with E-state index >= 15 is 0 Å². The van der Waals surface area contributed by atoms with Crippen LogP contribution in [0.4, 0.5) is 4.79 Å². The van der Waals surface area contributed by atoms with Gasteiger partial charge in [0.2, 0.25) is 0 Å². The van der Waals surface area contributed by atoms with Gasteiger partial charge < -0.3 is 9.64 Å². The zero-order chi connectivity index (χ0) is 13.9. The van der Waals surface area contributed by atoms with Crippen molar-refractivity contribution < 1.29 is 9.53 Å². The molecule has 0 unspecified atom stereocenters. The second-order valence-electron chi connectivity index (χ2n) is 6.77. The van der Waals surface area contributed by atoms with E-state index in [1.165, 1.54) is 44.1 Å². The number of rotatable bonds is 0. The molecule has 0 aromatic heterocycles. The molecule has 0 N–H and O–H groups in total. The lowest BCUT2D eigenvalue weighted by Crippen LogP contribution is -2.40. The van der Waals surface area contributed by atoms with Crippen LogP contribution in [0.5, 0.6) is 0 Å². The van der Waals surface area contributed by atoms with Gasteiger partial charge in [0.1, 0.15) is 5.60 Å². The molecule has 1 amide bonds. The molecule has 3 nitrogen and oxygen atoms in total. The average molecular weight is 265 g/mol. The summed E-state index contributed by atoms with van der Waals surface area (Å²) in [4.78, 5) is 14.0. The molecule has 1 saturated carbocycles. The van der Waals surface area contributed by atoms with Crippen LogP contribution in [0.2, 0.25) is 0 Å². The molecule has 0 aromatic rings. The number of carbonyl (C=O) groups is 1. The molecule has 1 saturated heterocycles. The average Bonchev–Trinajstić information content (AvgIpc) is 2.38. The lowest BCUT2D eigenvalue weighted by atomic mass is 9.88. The SMILES string of the molecule is CC(C)(C)OC(=O)N1CCCC(=C2CCCCC2)C1. The first-order valence-electron chi connectivity index (χ1n) is 7.63. The van der Waals surface area contributed by atoms with E-state index < -0.39 is 5.60 Å². The van der Waals surface area contributed by atoms with Gasteiger partial charge in [-0.05, 0) is 59.3 Å². The van der Waals surface area contributed by atoms with E-state index in [2.05, 4.69) is 0 Å². The minimum Gasteiger partial charge on any atom is -0.444 e. The number of piperidine rings is 1. The molecule has 0 aromatic carbocycles. The second-order valence-corrected chi connectivity index (χ2v) is 6.77. The Bertz CT molecular complexity index is 357. The van der Waals surface area contributed by atoms with Crippen LogP contribution in [0, 0.1) is 0 Å². The van der Waals surface area contributed by atoms with Gasteiger partial charge in [0.25, 0.3) is 0 Å². The number of hydrogen-bond donors (Lipinski definition) is 0. The topological polar surface area (TPSA) is 29.5 Å². The van der Waals surface area contributed by atoms with E-state index in [0.717, 1.165) is 19.5 Å². The van der Waals surface area contributed by atoms with Crippen molar-refractivity contribution in [2.45, 2.75) is 71.3 Å². The fourth-order valence-electron chi connectivity index (χ4n) is 2.97. The summed E-state index contributed by atoms with van der Waals surface area (Å²) in [5.74, 6) is 0. The largest absolute Gasteiger partial charge is 0.444 e. The van der Waals surface area contributed by atoms with E-state index in [-0.39, 0.29) is 6.09 Å². The Morgan fingerprint density at radius 2 is 1.63 bits per heavy atom. The van der Waals surface area contributed by atoms with Crippen LogP contribution in [-0.4, -0.2) is 29.7 Å². The second kappa shape index (κ2) is 5.98. The Balaban J connectivity index is 1.98. The standard InChI is InChI=1S/C16H27NO2/c1-16(2,3)19-15(18)17-11-7-10-14(12-17)13-8-5-4-6-9-13/h4-12H2,1-3H3. The number of allylic oxidation sites excluding steroid dienone is 1. The van der Waals surface area contributed by atoms with Crippen molar-refractivity contribution in [3.8, 4) is 0 Å². The molecule has 0 spiro atoms. The lowest BCUT2D eigenvalue weighted by Gasteiger charge is -2.33. The summed E-state index contributed by atoms with van der Waals surface area (Å²) in [5.41, 5.74) is 2.74. The maximum absolute atomic E-state index is 12.1. The molecular formula is C16H27NO2. The summed E-state index contributed by atoms with van der Waals surface area (Å²) in [5, 5.41) is 0. The van der Waals surface area contributed by atoms with E-state index in [9.17, 15) is 4.79 Å². The monoisotopic (exact) mass is 265 g/mol. The Hall–Kier alpha value is -0.990. The number of amides is 1. The van der Waals surface area contributed by atoms with E-state index in [1.54, 1.807) is 5.57 Å². The first-order valence-corrected chi connectivity index (χ1v) is 7.63. The molecule has 0 radical (unpaired) electrons. The third-order valence-corrected chi connectivity index (χ3v) is 3.90. The van der Waals surface area contributed by atoms with Crippen LogP contribution >= 0.6 is 0 Å². The quantitative estimate of drug-likeness (QED) is 0.612. The minimum atomic E-state index is -0.396. The Morgan fingerprint density at radius 3 is 2.26 bits per heavy atom. The van der Waals surface area contributed by atoms with E-state index in [0.29, 0.717) is 0 Å². The molecule has 1 aliphatic carbocycles. The highest BCUT2D eigenvalue weighted by Crippen LogP contribution is 2.30. The van der Waals surface area contributed by atoms with Gasteiger partial charge in [0.15, 0.2) is 0 Å². The van der Waals surface area contributed by atoms with Gasteiger partial charge in [0.05, 0.1) is 0 Å². The Labute approximate surface area is 117 Å². The minimum absolute atomic E-state index is 0.152. The third-order valence-electron chi connectivity index (χ3n) is 3.90. The smallest absolute Gasteiger partial charge is 0.410 e.